The van der Waals surface area contributed by atoms with Crippen molar-refractivity contribution < 1.29 is 24.2 Å². The van der Waals surface area contributed by atoms with Gasteiger partial charge in [0.25, 0.3) is 11.7 Å². The number of morpholine rings is 1. The van der Waals surface area contributed by atoms with Gasteiger partial charge < -0.3 is 19.5 Å². The maximum absolute atomic E-state index is 13.2. The van der Waals surface area contributed by atoms with E-state index in [1.165, 1.54) is 0 Å². The quantitative estimate of drug-likeness (QED) is 0.279. The maximum Gasteiger partial charge on any atom is 0.295 e. The number of aliphatic hydroxyl groups excluding tert-OH is 1. The zero-order valence-corrected chi connectivity index (χ0v) is 21.4. The van der Waals surface area contributed by atoms with Crippen molar-refractivity contribution in [2.24, 2.45) is 0 Å². The monoisotopic (exact) mass is 513 g/mol. The lowest BCUT2D eigenvalue weighted by Gasteiger charge is -2.30. The number of rotatable bonds is 8. The van der Waals surface area contributed by atoms with E-state index >= 15 is 0 Å². The van der Waals surface area contributed by atoms with E-state index in [2.05, 4.69) is 16.0 Å². The van der Waals surface area contributed by atoms with Crippen molar-refractivity contribution in [3.8, 4) is 5.75 Å². The van der Waals surface area contributed by atoms with Gasteiger partial charge in [-0.15, -0.1) is 0 Å². The molecular formula is C30H31N3O5. The third kappa shape index (κ3) is 5.61. The molecule has 5 rings (SSSR count). The Kier molecular flexibility index (Phi) is 7.81. The number of pyridine rings is 1. The molecule has 0 spiro atoms. The van der Waals surface area contributed by atoms with Gasteiger partial charge in [-0.1, -0.05) is 29.8 Å². The molecule has 196 valence electrons. The molecule has 1 amide bonds. The molecule has 0 radical (unpaired) electrons. The van der Waals surface area contributed by atoms with Crippen LogP contribution in [0, 0.1) is 6.92 Å². The minimum atomic E-state index is -0.698. The Labute approximate surface area is 222 Å². The largest absolute Gasteiger partial charge is 0.507 e. The highest BCUT2D eigenvalue weighted by molar-refractivity contribution is 6.46. The van der Waals surface area contributed by atoms with Crippen molar-refractivity contribution in [1.82, 2.24) is 14.8 Å². The standard InChI is InChI=1S/C30H31N3O5/c1-21-3-2-4-22(19-21)20-38-25-7-5-24(6-8-25)28(34)26-27(23-9-11-31-12-10-23)33(30(36)29(26)35)14-13-32-15-17-37-18-16-32/h2-12,19,27,34H,13-18,20H2,1H3/t27-/m1/s1. The van der Waals surface area contributed by atoms with Crippen LogP contribution in [0.1, 0.15) is 28.3 Å². The average molecular weight is 514 g/mol. The highest BCUT2D eigenvalue weighted by Gasteiger charge is 2.46. The number of nitrogens with zero attached hydrogens (tertiary/aromatic N) is 3. The predicted molar refractivity (Wildman–Crippen MR) is 142 cm³/mol. The zero-order chi connectivity index (χ0) is 26.5. The fourth-order valence-corrected chi connectivity index (χ4v) is 4.91. The van der Waals surface area contributed by atoms with Crippen LogP contribution in [0.2, 0.25) is 0 Å². The third-order valence-corrected chi connectivity index (χ3v) is 6.94. The third-order valence-electron chi connectivity index (χ3n) is 6.94. The number of carbonyl (C=O) groups excluding carboxylic acids is 2. The minimum Gasteiger partial charge on any atom is -0.507 e. The Hall–Kier alpha value is -4.01. The number of aryl methyl sites for hydroxylation is 1. The molecule has 8 nitrogen and oxygen atoms in total. The first-order chi connectivity index (χ1) is 18.5. The van der Waals surface area contributed by atoms with Gasteiger partial charge in [-0.25, -0.2) is 0 Å². The topological polar surface area (TPSA) is 92.2 Å². The van der Waals surface area contributed by atoms with E-state index in [0.717, 1.165) is 29.8 Å². The van der Waals surface area contributed by atoms with Crippen molar-refractivity contribution in [1.29, 1.82) is 0 Å². The Morgan fingerprint density at radius 3 is 2.47 bits per heavy atom. The summed E-state index contributed by atoms with van der Waals surface area (Å²) in [5.74, 6) is -0.866. The number of ether oxygens (including phenoxy) is 2. The summed E-state index contributed by atoms with van der Waals surface area (Å²) in [5.41, 5.74) is 3.47. The molecule has 2 saturated heterocycles. The fraction of sp³-hybridized carbons (Fsp3) is 0.300. The van der Waals surface area contributed by atoms with E-state index in [0.29, 0.717) is 44.2 Å². The van der Waals surface area contributed by atoms with Gasteiger partial charge in [-0.3, -0.25) is 19.5 Å². The molecule has 0 aliphatic carbocycles. The number of hydrogen-bond donors (Lipinski definition) is 1. The van der Waals surface area contributed by atoms with Crippen LogP contribution < -0.4 is 4.74 Å². The summed E-state index contributed by atoms with van der Waals surface area (Å²) in [4.78, 5) is 34.2. The van der Waals surface area contributed by atoms with Crippen LogP contribution in [0.25, 0.3) is 5.76 Å². The van der Waals surface area contributed by atoms with Crippen molar-refractivity contribution in [2.45, 2.75) is 19.6 Å². The van der Waals surface area contributed by atoms with Crippen molar-refractivity contribution in [3.05, 3.63) is 101 Å². The lowest BCUT2D eigenvalue weighted by molar-refractivity contribution is -0.140. The molecule has 0 saturated carbocycles. The number of ketones is 1. The number of aromatic nitrogens is 1. The number of hydrogen-bond acceptors (Lipinski definition) is 7. The van der Waals surface area contributed by atoms with Crippen LogP contribution in [0.4, 0.5) is 0 Å². The molecular weight excluding hydrogens is 482 g/mol. The van der Waals surface area contributed by atoms with Crippen LogP contribution in [0.3, 0.4) is 0 Å². The summed E-state index contributed by atoms with van der Waals surface area (Å²) in [6.07, 6.45) is 3.25. The molecule has 1 N–H and O–H groups in total. The minimum absolute atomic E-state index is 0.0802. The molecule has 2 aliphatic rings. The van der Waals surface area contributed by atoms with Crippen LogP contribution >= 0.6 is 0 Å². The summed E-state index contributed by atoms with van der Waals surface area (Å²) in [7, 11) is 0. The molecule has 3 aromatic rings. The number of aliphatic hydroxyl groups is 1. The molecule has 2 fully saturated rings. The lowest BCUT2D eigenvalue weighted by Crippen LogP contribution is -2.42. The zero-order valence-electron chi connectivity index (χ0n) is 21.4. The van der Waals surface area contributed by atoms with Gasteiger partial charge in [0, 0.05) is 44.1 Å². The van der Waals surface area contributed by atoms with E-state index in [9.17, 15) is 14.7 Å². The molecule has 2 aromatic carbocycles. The van der Waals surface area contributed by atoms with Crippen molar-refractivity contribution in [2.75, 3.05) is 39.4 Å². The lowest BCUT2D eigenvalue weighted by atomic mass is 9.96. The first kappa shape index (κ1) is 25.6. The number of benzene rings is 2. The SMILES string of the molecule is Cc1cccc(COc2ccc(C(O)=C3C(=O)C(=O)N(CCN4CCOCC4)[C@@H]3c3ccncc3)cc2)c1. The van der Waals surface area contributed by atoms with Gasteiger partial charge in [-0.2, -0.15) is 0 Å². The van der Waals surface area contributed by atoms with E-state index in [1.54, 1.807) is 53.7 Å². The van der Waals surface area contributed by atoms with Crippen LogP contribution in [0.5, 0.6) is 5.75 Å². The van der Waals surface area contributed by atoms with Gasteiger partial charge >= 0.3 is 0 Å². The average Bonchev–Trinajstić information content (AvgIpc) is 3.21. The maximum atomic E-state index is 13.2. The summed E-state index contributed by atoms with van der Waals surface area (Å²) in [5, 5.41) is 11.3. The molecule has 1 aromatic heterocycles. The Bertz CT molecular complexity index is 1320. The van der Waals surface area contributed by atoms with Crippen LogP contribution in [-0.2, 0) is 20.9 Å². The molecule has 38 heavy (non-hydrogen) atoms. The highest BCUT2D eigenvalue weighted by atomic mass is 16.5. The fourth-order valence-electron chi connectivity index (χ4n) is 4.91. The molecule has 1 atom stereocenters. The normalized spacial score (nSPS) is 19.6. The van der Waals surface area contributed by atoms with E-state index < -0.39 is 17.7 Å². The summed E-state index contributed by atoms with van der Waals surface area (Å²) >= 11 is 0. The molecule has 3 heterocycles. The van der Waals surface area contributed by atoms with Crippen LogP contribution in [0.15, 0.2) is 78.6 Å². The first-order valence-electron chi connectivity index (χ1n) is 12.8. The van der Waals surface area contributed by atoms with Crippen LogP contribution in [-0.4, -0.2) is 71.0 Å². The molecule has 8 heteroatoms. The van der Waals surface area contributed by atoms with E-state index in [1.807, 2.05) is 25.1 Å². The van der Waals surface area contributed by atoms with Gasteiger partial charge in [-0.05, 0) is 54.4 Å². The predicted octanol–water partition coefficient (Wildman–Crippen LogP) is 3.72. The molecule has 0 unspecified atom stereocenters. The second-order valence-corrected chi connectivity index (χ2v) is 9.53. The molecule has 2 aliphatic heterocycles. The van der Waals surface area contributed by atoms with Gasteiger partial charge in [0.1, 0.15) is 18.1 Å². The highest BCUT2D eigenvalue weighted by Crippen LogP contribution is 2.39. The second kappa shape index (κ2) is 11.6. The number of amides is 1. The summed E-state index contributed by atoms with van der Waals surface area (Å²) < 4.78 is 11.3. The number of likely N-dealkylation sites (tertiary alicyclic amines) is 1. The second-order valence-electron chi connectivity index (χ2n) is 9.53. The van der Waals surface area contributed by atoms with Gasteiger partial charge in [0.15, 0.2) is 0 Å². The Morgan fingerprint density at radius 1 is 1.03 bits per heavy atom. The summed E-state index contributed by atoms with van der Waals surface area (Å²) in [6, 6.07) is 17.8. The summed E-state index contributed by atoms with van der Waals surface area (Å²) in [6.45, 7) is 6.29. The van der Waals surface area contributed by atoms with Crippen molar-refractivity contribution >= 4 is 17.4 Å². The van der Waals surface area contributed by atoms with E-state index in [4.69, 9.17) is 9.47 Å². The number of Topliss-reactive ketones (excluding diaryl/α,β-unsaturated/α-hetero) is 1. The Balaban J connectivity index is 1.39. The van der Waals surface area contributed by atoms with Gasteiger partial charge in [0.05, 0.1) is 24.8 Å². The smallest absolute Gasteiger partial charge is 0.295 e. The number of carbonyl (C=O) groups is 2. The van der Waals surface area contributed by atoms with E-state index in [-0.39, 0.29) is 11.3 Å². The first-order valence-corrected chi connectivity index (χ1v) is 12.8. The Morgan fingerprint density at radius 2 is 1.76 bits per heavy atom. The van der Waals surface area contributed by atoms with Gasteiger partial charge in [0.2, 0.25) is 0 Å². The molecule has 0 bridgehead atoms. The van der Waals surface area contributed by atoms with Crippen molar-refractivity contribution in [3.63, 3.8) is 0 Å².